The predicted octanol–water partition coefficient (Wildman–Crippen LogP) is 5.87. The van der Waals surface area contributed by atoms with Crippen LogP contribution in [0.15, 0.2) is 36.4 Å². The molecule has 0 bridgehead atoms. The van der Waals surface area contributed by atoms with Crippen molar-refractivity contribution in [1.29, 1.82) is 0 Å². The molecule has 1 aromatic heterocycles. The van der Waals surface area contributed by atoms with Crippen molar-refractivity contribution in [3.8, 4) is 16.9 Å². The highest BCUT2D eigenvalue weighted by atomic mass is 19.3. The molecule has 1 N–H and O–H groups in total. The summed E-state index contributed by atoms with van der Waals surface area (Å²) in [5.74, 6) is 0.348. The van der Waals surface area contributed by atoms with Crippen LogP contribution in [-0.4, -0.2) is 21.9 Å². The lowest BCUT2D eigenvalue weighted by atomic mass is 9.95. The Balaban J connectivity index is 1.56. The van der Waals surface area contributed by atoms with Gasteiger partial charge in [0, 0.05) is 42.0 Å². The number of aromatic nitrogens is 2. The highest BCUT2D eigenvalue weighted by Gasteiger charge is 2.33. The number of fused-ring (bicyclic) bond motifs is 1. The summed E-state index contributed by atoms with van der Waals surface area (Å²) in [7, 11) is 0. The van der Waals surface area contributed by atoms with E-state index in [-0.39, 0.29) is 12.1 Å². The molecule has 2 atom stereocenters. The molecule has 3 aromatic rings. The van der Waals surface area contributed by atoms with Gasteiger partial charge in [0.05, 0.1) is 5.69 Å². The Morgan fingerprint density at radius 2 is 2.00 bits per heavy atom. The van der Waals surface area contributed by atoms with Crippen LogP contribution in [0.2, 0.25) is 0 Å². The SMILES string of the molecule is CC(=O)O[C@H]1c2ccc(NCc3cccc(-c4c(C)nn(C(F)F)c4C)c3C)cc2OC1C. The fraction of sp³-hybridized carbons (Fsp3) is 0.360. The van der Waals surface area contributed by atoms with E-state index in [0.29, 0.717) is 23.7 Å². The standard InChI is InChI=1S/C25H27F2N3O3/c1-13-18(7-6-8-20(13)23-14(2)29-30(15(23)3)25(26)27)12-28-19-9-10-21-22(11-19)32-16(4)24(21)33-17(5)31/h6-11,16,24-25,28H,12H2,1-5H3/t16?,24-/m1/s1. The van der Waals surface area contributed by atoms with Gasteiger partial charge in [-0.15, -0.1) is 0 Å². The second kappa shape index (κ2) is 8.84. The molecule has 2 heterocycles. The second-order valence-electron chi connectivity index (χ2n) is 8.32. The monoisotopic (exact) mass is 455 g/mol. The molecule has 174 valence electrons. The summed E-state index contributed by atoms with van der Waals surface area (Å²) < 4.78 is 38.6. The summed E-state index contributed by atoms with van der Waals surface area (Å²) in [5.41, 5.74) is 6.43. The minimum Gasteiger partial charge on any atom is -0.486 e. The van der Waals surface area contributed by atoms with Crippen LogP contribution in [0.25, 0.3) is 11.1 Å². The van der Waals surface area contributed by atoms with Gasteiger partial charge in [-0.1, -0.05) is 18.2 Å². The van der Waals surface area contributed by atoms with Crippen LogP contribution in [0.1, 0.15) is 54.6 Å². The average Bonchev–Trinajstić information content (AvgIpc) is 3.22. The summed E-state index contributed by atoms with van der Waals surface area (Å²) >= 11 is 0. The third kappa shape index (κ3) is 4.29. The smallest absolute Gasteiger partial charge is 0.333 e. The maximum absolute atomic E-state index is 13.3. The summed E-state index contributed by atoms with van der Waals surface area (Å²) in [5, 5.41) is 7.42. The Labute approximate surface area is 191 Å². The number of aryl methyl sites for hydroxylation is 1. The van der Waals surface area contributed by atoms with Crippen LogP contribution < -0.4 is 10.1 Å². The minimum absolute atomic E-state index is 0.251. The van der Waals surface area contributed by atoms with Crippen LogP contribution in [0, 0.1) is 20.8 Å². The Hall–Kier alpha value is -3.42. The number of nitrogens with zero attached hydrogens (tertiary/aromatic N) is 2. The van der Waals surface area contributed by atoms with Gasteiger partial charge in [0.2, 0.25) is 0 Å². The number of halogens is 2. The molecular formula is C25H27F2N3O3. The Bertz CT molecular complexity index is 1210. The second-order valence-corrected chi connectivity index (χ2v) is 8.32. The quantitative estimate of drug-likeness (QED) is 0.471. The number of carbonyl (C=O) groups is 1. The first-order valence-electron chi connectivity index (χ1n) is 10.8. The summed E-state index contributed by atoms with van der Waals surface area (Å²) in [4.78, 5) is 11.4. The summed E-state index contributed by atoms with van der Waals surface area (Å²) in [6.45, 7) is 6.53. The van der Waals surface area contributed by atoms with Gasteiger partial charge in [0.15, 0.2) is 6.10 Å². The zero-order chi connectivity index (χ0) is 23.9. The maximum atomic E-state index is 13.3. The van der Waals surface area contributed by atoms with Crippen molar-refractivity contribution in [3.63, 3.8) is 0 Å². The molecule has 1 aliphatic heterocycles. The molecule has 0 spiro atoms. The van der Waals surface area contributed by atoms with Gasteiger partial charge in [0.1, 0.15) is 11.9 Å². The third-order valence-electron chi connectivity index (χ3n) is 6.06. The lowest BCUT2D eigenvalue weighted by molar-refractivity contribution is -0.149. The molecule has 4 rings (SSSR count). The lowest BCUT2D eigenvalue weighted by Gasteiger charge is -2.15. The number of nitrogens with one attached hydrogen (secondary N) is 1. The minimum atomic E-state index is -2.67. The van der Waals surface area contributed by atoms with Crippen LogP contribution in [0.5, 0.6) is 5.75 Å². The van der Waals surface area contributed by atoms with E-state index in [9.17, 15) is 13.6 Å². The molecule has 0 fully saturated rings. The summed E-state index contributed by atoms with van der Waals surface area (Å²) in [6.07, 6.45) is -0.662. The summed E-state index contributed by atoms with van der Waals surface area (Å²) in [6, 6.07) is 11.6. The Kier molecular flexibility index (Phi) is 6.10. The van der Waals surface area contributed by atoms with E-state index in [2.05, 4.69) is 10.4 Å². The predicted molar refractivity (Wildman–Crippen MR) is 121 cm³/mol. The van der Waals surface area contributed by atoms with Gasteiger partial charge in [-0.25, -0.2) is 4.68 Å². The first-order valence-corrected chi connectivity index (χ1v) is 10.8. The first kappa shape index (κ1) is 22.8. The van der Waals surface area contributed by atoms with E-state index in [4.69, 9.17) is 9.47 Å². The fourth-order valence-corrected chi connectivity index (χ4v) is 4.42. The van der Waals surface area contributed by atoms with E-state index in [0.717, 1.165) is 38.2 Å². The number of ether oxygens (including phenoxy) is 2. The van der Waals surface area contributed by atoms with Crippen molar-refractivity contribution in [3.05, 3.63) is 64.5 Å². The van der Waals surface area contributed by atoms with E-state index in [1.807, 2.05) is 50.2 Å². The maximum Gasteiger partial charge on any atom is 0.333 e. The number of carbonyl (C=O) groups excluding carboxylic acids is 1. The van der Waals surface area contributed by atoms with Gasteiger partial charge >= 0.3 is 12.5 Å². The molecule has 6 nitrogen and oxygen atoms in total. The normalized spacial score (nSPS) is 17.1. The van der Waals surface area contributed by atoms with Crippen molar-refractivity contribution in [1.82, 2.24) is 9.78 Å². The molecule has 33 heavy (non-hydrogen) atoms. The van der Waals surface area contributed by atoms with Crippen molar-refractivity contribution in [2.75, 3.05) is 5.32 Å². The van der Waals surface area contributed by atoms with Crippen LogP contribution in [0.4, 0.5) is 14.5 Å². The number of anilines is 1. The van der Waals surface area contributed by atoms with Crippen LogP contribution >= 0.6 is 0 Å². The first-order chi connectivity index (χ1) is 15.7. The van der Waals surface area contributed by atoms with Gasteiger partial charge in [-0.2, -0.15) is 13.9 Å². The molecule has 0 saturated heterocycles. The molecule has 0 amide bonds. The molecule has 2 aromatic carbocycles. The lowest BCUT2D eigenvalue weighted by Crippen LogP contribution is -2.18. The number of hydrogen-bond acceptors (Lipinski definition) is 5. The van der Waals surface area contributed by atoms with Crippen molar-refractivity contribution in [2.24, 2.45) is 0 Å². The van der Waals surface area contributed by atoms with Crippen molar-refractivity contribution >= 4 is 11.7 Å². The molecular weight excluding hydrogens is 428 g/mol. The fourth-order valence-electron chi connectivity index (χ4n) is 4.42. The van der Waals surface area contributed by atoms with E-state index < -0.39 is 12.7 Å². The molecule has 0 aliphatic carbocycles. The van der Waals surface area contributed by atoms with E-state index in [1.165, 1.54) is 6.92 Å². The molecule has 1 unspecified atom stereocenters. The Morgan fingerprint density at radius 3 is 2.67 bits per heavy atom. The van der Waals surface area contributed by atoms with Crippen LogP contribution in [-0.2, 0) is 16.1 Å². The van der Waals surface area contributed by atoms with Crippen LogP contribution in [0.3, 0.4) is 0 Å². The van der Waals surface area contributed by atoms with Gasteiger partial charge in [-0.3, -0.25) is 4.79 Å². The van der Waals surface area contributed by atoms with Gasteiger partial charge in [0.25, 0.3) is 0 Å². The van der Waals surface area contributed by atoms with Crippen molar-refractivity contribution in [2.45, 2.75) is 59.9 Å². The third-order valence-corrected chi connectivity index (χ3v) is 6.06. The average molecular weight is 456 g/mol. The number of esters is 1. The van der Waals surface area contributed by atoms with Crippen molar-refractivity contribution < 1.29 is 23.0 Å². The van der Waals surface area contributed by atoms with Gasteiger partial charge < -0.3 is 14.8 Å². The largest absolute Gasteiger partial charge is 0.486 e. The van der Waals surface area contributed by atoms with E-state index >= 15 is 0 Å². The topological polar surface area (TPSA) is 65.4 Å². The highest BCUT2D eigenvalue weighted by Crippen LogP contribution is 2.40. The highest BCUT2D eigenvalue weighted by molar-refractivity contribution is 5.73. The molecule has 8 heteroatoms. The zero-order valence-corrected chi connectivity index (χ0v) is 19.3. The number of benzene rings is 2. The van der Waals surface area contributed by atoms with E-state index in [1.54, 1.807) is 13.8 Å². The number of rotatable bonds is 6. The molecule has 0 saturated carbocycles. The number of alkyl halides is 2. The van der Waals surface area contributed by atoms with Gasteiger partial charge in [-0.05, 0) is 56.5 Å². The molecule has 1 aliphatic rings. The molecule has 0 radical (unpaired) electrons. The number of hydrogen-bond donors (Lipinski definition) is 1. The Morgan fingerprint density at radius 1 is 1.24 bits per heavy atom. The zero-order valence-electron chi connectivity index (χ0n) is 19.3.